The number of aromatic nitrogens is 1. The number of carbonyl (C=O) groups excluding carboxylic acids is 1. The van der Waals surface area contributed by atoms with Crippen LogP contribution in [-0.2, 0) is 16.0 Å². The molecule has 1 fully saturated rings. The number of carboxylic acid groups (broad SMARTS) is 1. The van der Waals surface area contributed by atoms with Crippen molar-refractivity contribution < 1.29 is 14.7 Å². The second kappa shape index (κ2) is 7.13. The van der Waals surface area contributed by atoms with E-state index >= 15 is 0 Å². The fourth-order valence-electron chi connectivity index (χ4n) is 2.54. The molecule has 2 aromatic rings. The van der Waals surface area contributed by atoms with E-state index in [0.29, 0.717) is 18.0 Å². The van der Waals surface area contributed by atoms with Gasteiger partial charge in [0.05, 0.1) is 12.1 Å². The van der Waals surface area contributed by atoms with Crippen LogP contribution in [0.3, 0.4) is 0 Å². The van der Waals surface area contributed by atoms with Crippen LogP contribution in [0.5, 0.6) is 0 Å². The third-order valence-electron chi connectivity index (χ3n) is 4.09. The van der Waals surface area contributed by atoms with E-state index < -0.39 is 12.0 Å². The highest BCUT2D eigenvalue weighted by molar-refractivity contribution is 7.13. The number of carbonyl (C=O) groups is 2. The predicted molar refractivity (Wildman–Crippen MR) is 92.9 cm³/mol. The Hall–Kier alpha value is -2.21. The zero-order valence-electron chi connectivity index (χ0n) is 13.5. The SMILES string of the molecule is Cc1ccc(-c2nc(CC(=O)NC(CC3CC3)C(=O)O)cs2)cc1. The molecule has 0 saturated heterocycles. The van der Waals surface area contributed by atoms with Gasteiger partial charge in [-0.3, -0.25) is 4.79 Å². The Morgan fingerprint density at radius 2 is 2.04 bits per heavy atom. The first-order chi connectivity index (χ1) is 11.5. The lowest BCUT2D eigenvalue weighted by Crippen LogP contribution is -2.41. The maximum atomic E-state index is 12.1. The minimum Gasteiger partial charge on any atom is -0.480 e. The van der Waals surface area contributed by atoms with Crippen LogP contribution in [0.2, 0.25) is 0 Å². The van der Waals surface area contributed by atoms with Crippen molar-refractivity contribution >= 4 is 23.2 Å². The Morgan fingerprint density at radius 1 is 1.33 bits per heavy atom. The Morgan fingerprint density at radius 3 is 2.67 bits per heavy atom. The first-order valence-electron chi connectivity index (χ1n) is 8.05. The quantitative estimate of drug-likeness (QED) is 0.809. The van der Waals surface area contributed by atoms with Crippen LogP contribution in [0, 0.1) is 12.8 Å². The number of hydrogen-bond donors (Lipinski definition) is 2. The third kappa shape index (κ3) is 4.41. The highest BCUT2D eigenvalue weighted by atomic mass is 32.1. The molecule has 1 amide bonds. The molecule has 1 heterocycles. The largest absolute Gasteiger partial charge is 0.480 e. The highest BCUT2D eigenvalue weighted by Gasteiger charge is 2.30. The van der Waals surface area contributed by atoms with E-state index in [9.17, 15) is 14.7 Å². The molecule has 1 aromatic heterocycles. The predicted octanol–water partition coefficient (Wildman–Crippen LogP) is 3.03. The second-order valence-electron chi connectivity index (χ2n) is 6.32. The van der Waals surface area contributed by atoms with Gasteiger partial charge in [-0.15, -0.1) is 11.3 Å². The van der Waals surface area contributed by atoms with Crippen LogP contribution in [0.1, 0.15) is 30.5 Å². The standard InChI is InChI=1S/C18H20N2O3S/c1-11-2-6-13(7-3-11)17-19-14(10-24-17)9-16(21)20-15(18(22)23)8-12-4-5-12/h2-3,6-7,10,12,15H,4-5,8-9H2,1H3,(H,20,21)(H,22,23). The van der Waals surface area contributed by atoms with Crippen molar-refractivity contribution in [1.82, 2.24) is 10.3 Å². The van der Waals surface area contributed by atoms with E-state index in [1.165, 1.54) is 16.9 Å². The molecule has 1 aromatic carbocycles. The summed E-state index contributed by atoms with van der Waals surface area (Å²) in [5.41, 5.74) is 2.88. The summed E-state index contributed by atoms with van der Waals surface area (Å²) in [6.45, 7) is 2.03. The lowest BCUT2D eigenvalue weighted by molar-refractivity contribution is -0.142. The normalized spacial score (nSPS) is 15.0. The number of hydrogen-bond acceptors (Lipinski definition) is 4. The number of nitrogens with zero attached hydrogens (tertiary/aromatic N) is 1. The molecule has 1 aliphatic rings. The molecule has 126 valence electrons. The van der Waals surface area contributed by atoms with Gasteiger partial charge in [0.25, 0.3) is 0 Å². The van der Waals surface area contributed by atoms with Crippen LogP contribution in [0.4, 0.5) is 0 Å². The highest BCUT2D eigenvalue weighted by Crippen LogP contribution is 2.33. The molecular weight excluding hydrogens is 324 g/mol. The number of carboxylic acids is 1. The van der Waals surface area contributed by atoms with Gasteiger partial charge in [-0.1, -0.05) is 42.7 Å². The van der Waals surface area contributed by atoms with Gasteiger partial charge in [-0.2, -0.15) is 0 Å². The summed E-state index contributed by atoms with van der Waals surface area (Å²) in [5, 5.41) is 14.5. The number of benzene rings is 1. The fourth-order valence-corrected chi connectivity index (χ4v) is 3.36. The molecule has 5 nitrogen and oxygen atoms in total. The zero-order valence-corrected chi connectivity index (χ0v) is 14.3. The molecule has 1 aliphatic carbocycles. The smallest absolute Gasteiger partial charge is 0.326 e. The van der Waals surface area contributed by atoms with Crippen molar-refractivity contribution in [2.75, 3.05) is 0 Å². The molecule has 0 bridgehead atoms. The maximum absolute atomic E-state index is 12.1. The van der Waals surface area contributed by atoms with Gasteiger partial charge in [0.15, 0.2) is 0 Å². The van der Waals surface area contributed by atoms with Crippen LogP contribution in [0.25, 0.3) is 10.6 Å². The van der Waals surface area contributed by atoms with Gasteiger partial charge in [0, 0.05) is 10.9 Å². The molecule has 6 heteroatoms. The topological polar surface area (TPSA) is 79.3 Å². The summed E-state index contributed by atoms with van der Waals surface area (Å²) in [6.07, 6.45) is 2.75. The lowest BCUT2D eigenvalue weighted by Gasteiger charge is -2.13. The van der Waals surface area contributed by atoms with Crippen molar-refractivity contribution in [1.29, 1.82) is 0 Å². The van der Waals surface area contributed by atoms with Gasteiger partial charge in [0.1, 0.15) is 11.0 Å². The van der Waals surface area contributed by atoms with Gasteiger partial charge < -0.3 is 10.4 Å². The minimum atomic E-state index is -0.964. The average molecular weight is 344 g/mol. The van der Waals surface area contributed by atoms with Crippen molar-refractivity contribution in [2.24, 2.45) is 5.92 Å². The summed E-state index contributed by atoms with van der Waals surface area (Å²) in [5.74, 6) is -0.809. The summed E-state index contributed by atoms with van der Waals surface area (Å²) < 4.78 is 0. The Kier molecular flexibility index (Phi) is 4.94. The van der Waals surface area contributed by atoms with Crippen molar-refractivity contribution in [3.05, 3.63) is 40.9 Å². The number of amides is 1. The number of aryl methyl sites for hydroxylation is 1. The van der Waals surface area contributed by atoms with Crippen molar-refractivity contribution in [2.45, 2.75) is 38.6 Å². The summed E-state index contributed by atoms with van der Waals surface area (Å²) in [6, 6.07) is 7.28. The minimum absolute atomic E-state index is 0.108. The zero-order chi connectivity index (χ0) is 17.1. The monoisotopic (exact) mass is 344 g/mol. The Bertz CT molecular complexity index is 735. The Labute approximate surface area is 144 Å². The van der Waals surface area contributed by atoms with Gasteiger partial charge in [-0.05, 0) is 19.3 Å². The fraction of sp³-hybridized carbons (Fsp3) is 0.389. The van der Waals surface area contributed by atoms with E-state index in [2.05, 4.69) is 10.3 Å². The maximum Gasteiger partial charge on any atom is 0.326 e. The van der Waals surface area contributed by atoms with E-state index in [1.807, 2.05) is 36.6 Å². The molecule has 1 unspecified atom stereocenters. The summed E-state index contributed by atoms with van der Waals surface area (Å²) in [4.78, 5) is 27.8. The first-order valence-corrected chi connectivity index (χ1v) is 8.93. The molecular formula is C18H20N2O3S. The number of thiazole rings is 1. The van der Waals surface area contributed by atoms with Gasteiger partial charge in [0.2, 0.25) is 5.91 Å². The number of rotatable bonds is 7. The molecule has 2 N–H and O–H groups in total. The Balaban J connectivity index is 1.60. The lowest BCUT2D eigenvalue weighted by atomic mass is 10.1. The molecule has 0 aliphatic heterocycles. The summed E-state index contributed by atoms with van der Waals surface area (Å²) >= 11 is 1.49. The van der Waals surface area contributed by atoms with Gasteiger partial charge in [-0.25, -0.2) is 9.78 Å². The molecule has 24 heavy (non-hydrogen) atoms. The van der Waals surface area contributed by atoms with E-state index in [-0.39, 0.29) is 12.3 Å². The average Bonchev–Trinajstić information content (AvgIpc) is 3.24. The van der Waals surface area contributed by atoms with Crippen LogP contribution in [0.15, 0.2) is 29.6 Å². The van der Waals surface area contributed by atoms with E-state index in [0.717, 1.165) is 23.4 Å². The van der Waals surface area contributed by atoms with Crippen molar-refractivity contribution in [3.8, 4) is 10.6 Å². The number of aliphatic carboxylic acids is 1. The molecule has 1 atom stereocenters. The molecule has 3 rings (SSSR count). The summed E-state index contributed by atoms with van der Waals surface area (Å²) in [7, 11) is 0. The van der Waals surface area contributed by atoms with Crippen LogP contribution < -0.4 is 5.32 Å². The number of nitrogens with one attached hydrogen (secondary N) is 1. The van der Waals surface area contributed by atoms with E-state index in [1.54, 1.807) is 0 Å². The van der Waals surface area contributed by atoms with E-state index in [4.69, 9.17) is 0 Å². The first kappa shape index (κ1) is 16.6. The van der Waals surface area contributed by atoms with Gasteiger partial charge >= 0.3 is 5.97 Å². The molecule has 1 saturated carbocycles. The van der Waals surface area contributed by atoms with Crippen molar-refractivity contribution in [3.63, 3.8) is 0 Å². The molecule has 0 radical (unpaired) electrons. The van der Waals surface area contributed by atoms with Crippen LogP contribution >= 0.6 is 11.3 Å². The second-order valence-corrected chi connectivity index (χ2v) is 7.18. The third-order valence-corrected chi connectivity index (χ3v) is 5.03. The molecule has 0 spiro atoms. The van der Waals surface area contributed by atoms with Crippen LogP contribution in [-0.4, -0.2) is 28.0 Å².